The Hall–Kier alpha value is -1.89. The van der Waals surface area contributed by atoms with Crippen molar-refractivity contribution in [2.45, 2.75) is 6.42 Å². The SMILES string of the molecule is Cn1nc(NCC2=CCNCC2)c(=O)n(C)c1=O. The molecule has 1 aromatic heterocycles. The fourth-order valence-corrected chi connectivity index (χ4v) is 1.84. The average Bonchev–Trinajstić information content (AvgIpc) is 2.40. The minimum absolute atomic E-state index is 0.207. The number of rotatable bonds is 3. The zero-order chi connectivity index (χ0) is 13.1. The quantitative estimate of drug-likeness (QED) is 0.660. The predicted octanol–water partition coefficient (Wildman–Crippen LogP) is -1.19. The second-order valence-electron chi connectivity index (χ2n) is 4.29. The van der Waals surface area contributed by atoms with Gasteiger partial charge in [0.05, 0.1) is 0 Å². The first-order valence-electron chi connectivity index (χ1n) is 5.86. The summed E-state index contributed by atoms with van der Waals surface area (Å²) in [5.74, 6) is 0.207. The Morgan fingerprint density at radius 3 is 2.89 bits per heavy atom. The van der Waals surface area contributed by atoms with E-state index in [9.17, 15) is 9.59 Å². The van der Waals surface area contributed by atoms with Crippen molar-refractivity contribution in [1.29, 1.82) is 0 Å². The molecule has 98 valence electrons. The highest BCUT2D eigenvalue weighted by Gasteiger charge is 2.09. The lowest BCUT2D eigenvalue weighted by Gasteiger charge is -2.15. The number of aryl methyl sites for hydroxylation is 1. The molecular weight excluding hydrogens is 234 g/mol. The van der Waals surface area contributed by atoms with Crippen LogP contribution in [0.4, 0.5) is 5.82 Å². The molecule has 2 rings (SSSR count). The molecule has 0 spiro atoms. The predicted molar refractivity (Wildman–Crippen MR) is 68.8 cm³/mol. The third kappa shape index (κ3) is 2.51. The molecule has 0 atom stereocenters. The molecule has 0 fully saturated rings. The van der Waals surface area contributed by atoms with Gasteiger partial charge in [0, 0.05) is 27.2 Å². The van der Waals surface area contributed by atoms with Crippen molar-refractivity contribution < 1.29 is 0 Å². The Morgan fingerprint density at radius 2 is 2.22 bits per heavy atom. The van der Waals surface area contributed by atoms with Gasteiger partial charge in [0.15, 0.2) is 0 Å². The van der Waals surface area contributed by atoms with E-state index in [0.717, 1.165) is 28.8 Å². The number of nitrogens with zero attached hydrogens (tertiary/aromatic N) is 3. The van der Waals surface area contributed by atoms with Crippen LogP contribution in [0.3, 0.4) is 0 Å². The lowest BCUT2D eigenvalue weighted by molar-refractivity contribution is 0.604. The van der Waals surface area contributed by atoms with Crippen molar-refractivity contribution in [1.82, 2.24) is 19.7 Å². The van der Waals surface area contributed by atoms with E-state index in [2.05, 4.69) is 21.8 Å². The lowest BCUT2D eigenvalue weighted by Crippen LogP contribution is -2.40. The second-order valence-corrected chi connectivity index (χ2v) is 4.29. The Kier molecular flexibility index (Phi) is 3.61. The van der Waals surface area contributed by atoms with Gasteiger partial charge in [-0.1, -0.05) is 11.6 Å². The number of anilines is 1. The van der Waals surface area contributed by atoms with Crippen molar-refractivity contribution in [3.8, 4) is 0 Å². The van der Waals surface area contributed by atoms with Gasteiger partial charge in [0.1, 0.15) is 0 Å². The summed E-state index contributed by atoms with van der Waals surface area (Å²) in [7, 11) is 2.97. The standard InChI is InChI=1S/C11H17N5O2/c1-15-10(17)9(14-16(2)11(15)18)13-7-8-3-5-12-6-4-8/h3,12H,4-7H2,1-2H3,(H,13,14). The van der Waals surface area contributed by atoms with Gasteiger partial charge in [-0.3, -0.25) is 9.36 Å². The van der Waals surface area contributed by atoms with E-state index in [-0.39, 0.29) is 5.82 Å². The lowest BCUT2D eigenvalue weighted by atomic mass is 10.1. The third-order valence-electron chi connectivity index (χ3n) is 2.96. The minimum Gasteiger partial charge on any atom is -0.360 e. The summed E-state index contributed by atoms with van der Waals surface area (Å²) >= 11 is 0. The molecule has 2 heterocycles. The van der Waals surface area contributed by atoms with Crippen LogP contribution in [0.5, 0.6) is 0 Å². The maximum absolute atomic E-state index is 11.8. The molecule has 0 radical (unpaired) electrons. The van der Waals surface area contributed by atoms with E-state index < -0.39 is 11.2 Å². The van der Waals surface area contributed by atoms with Gasteiger partial charge in [-0.15, -0.1) is 5.10 Å². The molecule has 0 saturated carbocycles. The van der Waals surface area contributed by atoms with Crippen LogP contribution in [0.2, 0.25) is 0 Å². The monoisotopic (exact) mass is 251 g/mol. The summed E-state index contributed by atoms with van der Waals surface area (Å²) in [4.78, 5) is 23.3. The highest BCUT2D eigenvalue weighted by molar-refractivity contribution is 5.32. The molecule has 1 aliphatic rings. The van der Waals surface area contributed by atoms with Crippen molar-refractivity contribution in [3.63, 3.8) is 0 Å². The van der Waals surface area contributed by atoms with Gasteiger partial charge in [-0.25, -0.2) is 9.48 Å². The summed E-state index contributed by atoms with van der Waals surface area (Å²) in [6, 6.07) is 0. The van der Waals surface area contributed by atoms with Crippen LogP contribution < -0.4 is 21.9 Å². The molecule has 7 nitrogen and oxygen atoms in total. The van der Waals surface area contributed by atoms with E-state index in [1.54, 1.807) is 0 Å². The number of hydrogen-bond donors (Lipinski definition) is 2. The Bertz CT molecular complexity index is 584. The molecule has 0 unspecified atom stereocenters. The molecule has 18 heavy (non-hydrogen) atoms. The van der Waals surface area contributed by atoms with E-state index >= 15 is 0 Å². The third-order valence-corrected chi connectivity index (χ3v) is 2.96. The van der Waals surface area contributed by atoms with E-state index in [4.69, 9.17) is 0 Å². The van der Waals surface area contributed by atoms with Crippen LogP contribution in [0.25, 0.3) is 0 Å². The second kappa shape index (κ2) is 5.18. The van der Waals surface area contributed by atoms with Gasteiger partial charge in [0.2, 0.25) is 5.82 Å². The number of hydrogen-bond acceptors (Lipinski definition) is 5. The maximum Gasteiger partial charge on any atom is 0.346 e. The Balaban J connectivity index is 2.17. The normalized spacial score (nSPS) is 15.3. The van der Waals surface area contributed by atoms with Gasteiger partial charge in [-0.05, 0) is 13.0 Å². The van der Waals surface area contributed by atoms with Crippen LogP contribution in [0.15, 0.2) is 21.2 Å². The van der Waals surface area contributed by atoms with Crippen molar-refractivity contribution >= 4 is 5.82 Å². The summed E-state index contributed by atoms with van der Waals surface area (Å²) in [5, 5.41) is 10.1. The Labute approximate surface area is 104 Å². The highest BCUT2D eigenvalue weighted by atomic mass is 16.2. The van der Waals surface area contributed by atoms with Crippen molar-refractivity contribution in [2.24, 2.45) is 14.1 Å². The maximum atomic E-state index is 11.8. The van der Waals surface area contributed by atoms with Crippen LogP contribution >= 0.6 is 0 Å². The largest absolute Gasteiger partial charge is 0.360 e. The highest BCUT2D eigenvalue weighted by Crippen LogP contribution is 2.04. The topological polar surface area (TPSA) is 81.0 Å². The van der Waals surface area contributed by atoms with Crippen LogP contribution in [0, 0.1) is 0 Å². The van der Waals surface area contributed by atoms with Crippen molar-refractivity contribution in [3.05, 3.63) is 32.5 Å². The van der Waals surface area contributed by atoms with Crippen LogP contribution in [0.1, 0.15) is 6.42 Å². The van der Waals surface area contributed by atoms with E-state index in [1.165, 1.54) is 19.7 Å². The molecule has 7 heteroatoms. The fraction of sp³-hybridized carbons (Fsp3) is 0.545. The molecule has 2 N–H and O–H groups in total. The molecule has 0 aromatic carbocycles. The van der Waals surface area contributed by atoms with Gasteiger partial charge in [0.25, 0.3) is 5.56 Å². The average molecular weight is 251 g/mol. The molecular formula is C11H17N5O2. The molecule has 1 aliphatic heterocycles. The van der Waals surface area contributed by atoms with Gasteiger partial charge < -0.3 is 10.6 Å². The van der Waals surface area contributed by atoms with Crippen LogP contribution in [-0.4, -0.2) is 34.0 Å². The van der Waals surface area contributed by atoms with E-state index in [1.807, 2.05) is 0 Å². The summed E-state index contributed by atoms with van der Waals surface area (Å²) < 4.78 is 2.20. The molecule has 0 saturated heterocycles. The zero-order valence-electron chi connectivity index (χ0n) is 10.6. The summed E-state index contributed by atoms with van der Waals surface area (Å²) in [6.07, 6.45) is 3.06. The van der Waals surface area contributed by atoms with Crippen molar-refractivity contribution in [2.75, 3.05) is 25.0 Å². The molecule has 0 aliphatic carbocycles. The van der Waals surface area contributed by atoms with E-state index in [0.29, 0.717) is 6.54 Å². The molecule has 0 amide bonds. The number of nitrogens with one attached hydrogen (secondary N) is 2. The summed E-state index contributed by atoms with van der Waals surface area (Å²) in [6.45, 7) is 2.39. The minimum atomic E-state index is -0.424. The Morgan fingerprint density at radius 1 is 1.44 bits per heavy atom. The first kappa shape index (κ1) is 12.6. The first-order chi connectivity index (χ1) is 8.59. The fourth-order valence-electron chi connectivity index (χ4n) is 1.84. The van der Waals surface area contributed by atoms with Crippen LogP contribution in [-0.2, 0) is 14.1 Å². The molecule has 0 bridgehead atoms. The van der Waals surface area contributed by atoms with Gasteiger partial charge >= 0.3 is 5.69 Å². The number of aromatic nitrogens is 3. The van der Waals surface area contributed by atoms with Gasteiger partial charge in [-0.2, -0.15) is 0 Å². The first-order valence-corrected chi connectivity index (χ1v) is 5.86. The smallest absolute Gasteiger partial charge is 0.346 e. The zero-order valence-corrected chi connectivity index (χ0v) is 10.6. The summed E-state index contributed by atoms with van der Waals surface area (Å²) in [5.41, 5.74) is 0.422. The molecule has 1 aromatic rings.